The molecule has 0 aliphatic heterocycles. The molecule has 0 rings (SSSR count). The minimum Gasteiger partial charge on any atom is -0.355 e. The molecule has 2 atom stereocenters. The van der Waals surface area contributed by atoms with E-state index in [-0.39, 0.29) is 10.8 Å². The molecule has 0 aromatic rings. The first-order valence-electron chi connectivity index (χ1n) is 5.64. The second-order valence-electron chi connectivity index (χ2n) is 3.52. The molecular formula is C11H22Cl2O2. The molecule has 0 spiro atoms. The monoisotopic (exact) mass is 256 g/mol. The maximum atomic E-state index is 5.93. The summed E-state index contributed by atoms with van der Waals surface area (Å²) < 4.78 is 10.5. The topological polar surface area (TPSA) is 18.5 Å². The van der Waals surface area contributed by atoms with Gasteiger partial charge in [-0.1, -0.05) is 13.8 Å². The molecule has 4 heteroatoms. The van der Waals surface area contributed by atoms with Gasteiger partial charge in [0.2, 0.25) is 0 Å². The van der Waals surface area contributed by atoms with Gasteiger partial charge in [-0.3, -0.25) is 0 Å². The van der Waals surface area contributed by atoms with Crippen LogP contribution in [0.1, 0.15) is 39.5 Å². The zero-order valence-corrected chi connectivity index (χ0v) is 11.2. The van der Waals surface area contributed by atoms with Crippen molar-refractivity contribution in [1.29, 1.82) is 0 Å². The Kier molecular flexibility index (Phi) is 11.4. The van der Waals surface area contributed by atoms with Crippen molar-refractivity contribution in [3.05, 3.63) is 0 Å². The Bertz CT molecular complexity index is 120. The maximum absolute atomic E-state index is 5.93. The zero-order valence-electron chi connectivity index (χ0n) is 9.68. The standard InChI is InChI=1S/C11H22Cl2O2/c1-3-10(12)5-7-14-9-15-8-6-11(13)4-2/h10-11H,3-9H2,1-2H3. The molecule has 0 fully saturated rings. The van der Waals surface area contributed by atoms with Gasteiger partial charge in [-0.2, -0.15) is 0 Å². The van der Waals surface area contributed by atoms with Crippen molar-refractivity contribution in [1.82, 2.24) is 0 Å². The van der Waals surface area contributed by atoms with Gasteiger partial charge in [0.05, 0.1) is 13.2 Å². The molecule has 0 aromatic heterocycles. The van der Waals surface area contributed by atoms with Gasteiger partial charge in [0, 0.05) is 10.8 Å². The molecule has 0 saturated heterocycles. The summed E-state index contributed by atoms with van der Waals surface area (Å²) in [6.07, 6.45) is 3.73. The minimum absolute atomic E-state index is 0.220. The lowest BCUT2D eigenvalue weighted by molar-refractivity contribution is -0.0550. The maximum Gasteiger partial charge on any atom is 0.146 e. The average Bonchev–Trinajstić information content (AvgIpc) is 2.26. The van der Waals surface area contributed by atoms with E-state index in [0.717, 1.165) is 25.7 Å². The number of hydrogen-bond acceptors (Lipinski definition) is 2. The van der Waals surface area contributed by atoms with Crippen LogP contribution in [-0.4, -0.2) is 30.8 Å². The molecule has 0 radical (unpaired) electrons. The van der Waals surface area contributed by atoms with E-state index in [4.69, 9.17) is 32.7 Å². The molecule has 0 heterocycles. The normalized spacial score (nSPS) is 15.2. The third kappa shape index (κ3) is 10.8. The largest absolute Gasteiger partial charge is 0.355 e. The van der Waals surface area contributed by atoms with Crippen LogP contribution in [0.2, 0.25) is 0 Å². The molecule has 0 aliphatic carbocycles. The van der Waals surface area contributed by atoms with E-state index in [1.807, 2.05) is 0 Å². The smallest absolute Gasteiger partial charge is 0.146 e. The van der Waals surface area contributed by atoms with Gasteiger partial charge in [0.15, 0.2) is 0 Å². The first-order valence-corrected chi connectivity index (χ1v) is 6.51. The lowest BCUT2D eigenvalue weighted by Gasteiger charge is -2.09. The molecule has 92 valence electrons. The highest BCUT2D eigenvalue weighted by atomic mass is 35.5. The Balaban J connectivity index is 3.05. The summed E-state index contributed by atoms with van der Waals surface area (Å²) in [6, 6.07) is 0. The SMILES string of the molecule is CCC(Cl)CCOCOCCC(Cl)CC. The Morgan fingerprint density at radius 3 is 1.60 bits per heavy atom. The summed E-state index contributed by atoms with van der Waals surface area (Å²) in [5, 5.41) is 0.439. The van der Waals surface area contributed by atoms with Gasteiger partial charge in [-0.05, 0) is 25.7 Å². The van der Waals surface area contributed by atoms with Crippen LogP contribution in [0, 0.1) is 0 Å². The number of hydrogen-bond donors (Lipinski definition) is 0. The van der Waals surface area contributed by atoms with Crippen LogP contribution < -0.4 is 0 Å². The number of alkyl halides is 2. The van der Waals surface area contributed by atoms with Gasteiger partial charge in [-0.25, -0.2) is 0 Å². The lowest BCUT2D eigenvalue weighted by atomic mass is 10.2. The number of rotatable bonds is 10. The molecule has 0 aromatic carbocycles. The van der Waals surface area contributed by atoms with E-state index in [1.54, 1.807) is 0 Å². The molecule has 0 bridgehead atoms. The summed E-state index contributed by atoms with van der Waals surface area (Å²) >= 11 is 11.9. The Morgan fingerprint density at radius 1 is 0.867 bits per heavy atom. The Morgan fingerprint density at radius 2 is 1.27 bits per heavy atom. The molecular weight excluding hydrogens is 235 g/mol. The van der Waals surface area contributed by atoms with Gasteiger partial charge in [0.1, 0.15) is 6.79 Å². The van der Waals surface area contributed by atoms with E-state index in [1.165, 1.54) is 0 Å². The van der Waals surface area contributed by atoms with Crippen LogP contribution in [0.15, 0.2) is 0 Å². The summed E-state index contributed by atoms with van der Waals surface area (Å²) in [5.74, 6) is 0. The average molecular weight is 257 g/mol. The second-order valence-corrected chi connectivity index (χ2v) is 4.76. The van der Waals surface area contributed by atoms with Crippen molar-refractivity contribution < 1.29 is 9.47 Å². The second kappa shape index (κ2) is 11.0. The van der Waals surface area contributed by atoms with Crippen molar-refractivity contribution in [2.24, 2.45) is 0 Å². The highest BCUT2D eigenvalue weighted by molar-refractivity contribution is 6.20. The van der Waals surface area contributed by atoms with Crippen LogP contribution in [-0.2, 0) is 9.47 Å². The predicted molar refractivity (Wildman–Crippen MR) is 65.9 cm³/mol. The zero-order chi connectivity index (χ0) is 11.5. The van der Waals surface area contributed by atoms with E-state index in [9.17, 15) is 0 Å². The third-order valence-electron chi connectivity index (χ3n) is 2.20. The molecule has 0 N–H and O–H groups in total. The highest BCUT2D eigenvalue weighted by Gasteiger charge is 2.01. The summed E-state index contributed by atoms with van der Waals surface area (Å²) in [7, 11) is 0. The van der Waals surface area contributed by atoms with Gasteiger partial charge >= 0.3 is 0 Å². The molecule has 0 saturated carbocycles. The minimum atomic E-state index is 0.220. The predicted octanol–water partition coefficient (Wildman–Crippen LogP) is 3.79. The van der Waals surface area contributed by atoms with Crippen molar-refractivity contribution in [2.75, 3.05) is 20.0 Å². The summed E-state index contributed by atoms with van der Waals surface area (Å²) in [5.41, 5.74) is 0. The third-order valence-corrected chi connectivity index (χ3v) is 3.26. The molecule has 0 amide bonds. The molecule has 0 aliphatic rings. The van der Waals surface area contributed by atoms with Crippen LogP contribution in [0.25, 0.3) is 0 Å². The quantitative estimate of drug-likeness (QED) is 0.337. The van der Waals surface area contributed by atoms with E-state index >= 15 is 0 Å². The summed E-state index contributed by atoms with van der Waals surface area (Å²) in [4.78, 5) is 0. The van der Waals surface area contributed by atoms with E-state index in [0.29, 0.717) is 20.0 Å². The van der Waals surface area contributed by atoms with Crippen molar-refractivity contribution >= 4 is 23.2 Å². The van der Waals surface area contributed by atoms with Crippen LogP contribution in [0.4, 0.5) is 0 Å². The first kappa shape index (κ1) is 15.5. The van der Waals surface area contributed by atoms with Crippen LogP contribution >= 0.6 is 23.2 Å². The first-order chi connectivity index (χ1) is 7.20. The van der Waals surface area contributed by atoms with Crippen molar-refractivity contribution in [3.8, 4) is 0 Å². The van der Waals surface area contributed by atoms with E-state index in [2.05, 4.69) is 13.8 Å². The van der Waals surface area contributed by atoms with Gasteiger partial charge in [-0.15, -0.1) is 23.2 Å². The van der Waals surface area contributed by atoms with Gasteiger partial charge < -0.3 is 9.47 Å². The van der Waals surface area contributed by atoms with Crippen LogP contribution in [0.3, 0.4) is 0 Å². The fourth-order valence-corrected chi connectivity index (χ4v) is 1.19. The summed E-state index contributed by atoms with van der Waals surface area (Å²) in [6.45, 7) is 5.82. The Hall–Kier alpha value is 0.500. The number of ether oxygens (including phenoxy) is 2. The lowest BCUT2D eigenvalue weighted by Crippen LogP contribution is -2.09. The molecule has 2 unspecified atom stereocenters. The van der Waals surface area contributed by atoms with Crippen LogP contribution in [0.5, 0.6) is 0 Å². The van der Waals surface area contributed by atoms with Gasteiger partial charge in [0.25, 0.3) is 0 Å². The van der Waals surface area contributed by atoms with Crippen molar-refractivity contribution in [2.45, 2.75) is 50.3 Å². The van der Waals surface area contributed by atoms with Crippen molar-refractivity contribution in [3.63, 3.8) is 0 Å². The number of halogens is 2. The molecule has 15 heavy (non-hydrogen) atoms. The van der Waals surface area contributed by atoms with E-state index < -0.39 is 0 Å². The molecule has 2 nitrogen and oxygen atoms in total. The highest BCUT2D eigenvalue weighted by Crippen LogP contribution is 2.07. The fraction of sp³-hybridized carbons (Fsp3) is 1.00. The Labute approximate surface area is 103 Å². The fourth-order valence-electron chi connectivity index (χ4n) is 1.01.